The molecule has 20 heavy (non-hydrogen) atoms. The number of rotatable bonds is 5. The van der Waals surface area contributed by atoms with Crippen LogP contribution in [0.1, 0.15) is 10.5 Å². The molecular formula is C13H21N5O2. The Morgan fingerprint density at radius 3 is 2.70 bits per heavy atom. The van der Waals surface area contributed by atoms with E-state index in [-0.39, 0.29) is 5.91 Å². The summed E-state index contributed by atoms with van der Waals surface area (Å²) in [5, 5.41) is 3.16. The summed E-state index contributed by atoms with van der Waals surface area (Å²) < 4.78 is 5.22. The summed E-state index contributed by atoms with van der Waals surface area (Å²) in [5.74, 6) is 0.603. The first-order valence-electron chi connectivity index (χ1n) is 6.74. The summed E-state index contributed by atoms with van der Waals surface area (Å²) in [4.78, 5) is 24.4. The molecule has 1 fully saturated rings. The first-order valence-corrected chi connectivity index (χ1v) is 6.74. The van der Waals surface area contributed by atoms with E-state index < -0.39 is 0 Å². The molecule has 0 aliphatic carbocycles. The largest absolute Gasteiger partial charge is 0.378 e. The van der Waals surface area contributed by atoms with Crippen LogP contribution in [0.4, 0.5) is 5.82 Å². The van der Waals surface area contributed by atoms with E-state index in [9.17, 15) is 4.79 Å². The van der Waals surface area contributed by atoms with Crippen molar-refractivity contribution in [1.82, 2.24) is 19.8 Å². The average Bonchev–Trinajstić information content (AvgIpc) is 2.48. The number of ether oxygens (including phenoxy) is 1. The third-order valence-electron chi connectivity index (χ3n) is 3.03. The van der Waals surface area contributed by atoms with Gasteiger partial charge < -0.3 is 19.9 Å². The molecule has 1 aliphatic rings. The molecule has 1 aromatic rings. The van der Waals surface area contributed by atoms with E-state index in [1.165, 1.54) is 6.20 Å². The smallest absolute Gasteiger partial charge is 0.274 e. The fraction of sp³-hybridized carbons (Fsp3) is 0.615. The number of hydrogen-bond donors (Lipinski definition) is 1. The standard InChI is InChI=1S/C13H21N5O2/c1-17(2)4-3-14-12-10-15-11(9-16-12)13(19)18-5-7-20-8-6-18/h9-10H,3-8H2,1-2H3,(H,14,16). The minimum atomic E-state index is -0.0827. The van der Waals surface area contributed by atoms with E-state index in [1.807, 2.05) is 14.1 Å². The van der Waals surface area contributed by atoms with Crippen LogP contribution in [0.2, 0.25) is 0 Å². The zero-order valence-electron chi connectivity index (χ0n) is 12.0. The molecule has 2 rings (SSSR count). The van der Waals surface area contributed by atoms with Crippen LogP contribution in [0.5, 0.6) is 0 Å². The number of hydrogen-bond acceptors (Lipinski definition) is 6. The van der Waals surface area contributed by atoms with E-state index in [0.717, 1.165) is 13.1 Å². The van der Waals surface area contributed by atoms with Crippen LogP contribution in [0.15, 0.2) is 12.4 Å². The molecule has 1 saturated heterocycles. The molecule has 1 amide bonds. The van der Waals surface area contributed by atoms with Crippen molar-refractivity contribution in [1.29, 1.82) is 0 Å². The monoisotopic (exact) mass is 279 g/mol. The van der Waals surface area contributed by atoms with Gasteiger partial charge >= 0.3 is 0 Å². The minimum absolute atomic E-state index is 0.0827. The maximum Gasteiger partial charge on any atom is 0.274 e. The van der Waals surface area contributed by atoms with Gasteiger partial charge in [0.05, 0.1) is 25.6 Å². The van der Waals surface area contributed by atoms with E-state index in [1.54, 1.807) is 11.1 Å². The van der Waals surface area contributed by atoms with Crippen LogP contribution < -0.4 is 5.32 Å². The molecular weight excluding hydrogens is 258 g/mol. The number of aromatic nitrogens is 2. The fourth-order valence-electron chi connectivity index (χ4n) is 1.87. The highest BCUT2D eigenvalue weighted by Crippen LogP contribution is 2.06. The van der Waals surface area contributed by atoms with Gasteiger partial charge in [-0.2, -0.15) is 0 Å². The zero-order chi connectivity index (χ0) is 14.4. The topological polar surface area (TPSA) is 70.6 Å². The second-order valence-corrected chi connectivity index (χ2v) is 4.92. The molecule has 0 spiro atoms. The average molecular weight is 279 g/mol. The van der Waals surface area contributed by atoms with Gasteiger partial charge in [0.25, 0.3) is 5.91 Å². The van der Waals surface area contributed by atoms with Crippen LogP contribution in [0.3, 0.4) is 0 Å². The van der Waals surface area contributed by atoms with Crippen molar-refractivity contribution in [2.45, 2.75) is 0 Å². The quantitative estimate of drug-likeness (QED) is 0.813. The van der Waals surface area contributed by atoms with Gasteiger partial charge in [-0.25, -0.2) is 9.97 Å². The van der Waals surface area contributed by atoms with Crippen LogP contribution in [-0.2, 0) is 4.74 Å². The molecule has 0 radical (unpaired) electrons. The van der Waals surface area contributed by atoms with Crippen molar-refractivity contribution in [2.24, 2.45) is 0 Å². The van der Waals surface area contributed by atoms with Crippen LogP contribution in [0.25, 0.3) is 0 Å². The normalized spacial score (nSPS) is 15.4. The van der Waals surface area contributed by atoms with Crippen molar-refractivity contribution >= 4 is 11.7 Å². The number of anilines is 1. The Balaban J connectivity index is 1.88. The third kappa shape index (κ3) is 4.14. The molecule has 0 aromatic carbocycles. The van der Waals surface area contributed by atoms with Crippen molar-refractivity contribution in [3.8, 4) is 0 Å². The molecule has 110 valence electrons. The SMILES string of the molecule is CN(C)CCNc1cnc(C(=O)N2CCOCC2)cn1. The van der Waals surface area contributed by atoms with E-state index >= 15 is 0 Å². The summed E-state index contributed by atoms with van der Waals surface area (Å²) in [6, 6.07) is 0. The van der Waals surface area contributed by atoms with Gasteiger partial charge in [0.2, 0.25) is 0 Å². The molecule has 1 aromatic heterocycles. The molecule has 0 bridgehead atoms. The summed E-state index contributed by atoms with van der Waals surface area (Å²) in [7, 11) is 4.02. The van der Waals surface area contributed by atoms with Crippen molar-refractivity contribution in [3.05, 3.63) is 18.1 Å². The zero-order valence-corrected chi connectivity index (χ0v) is 12.0. The number of nitrogens with one attached hydrogen (secondary N) is 1. The number of amides is 1. The molecule has 1 aliphatic heterocycles. The number of likely N-dealkylation sites (N-methyl/N-ethyl adjacent to an activating group) is 1. The predicted octanol–water partition coefficient (Wildman–Crippen LogP) is -0.0775. The summed E-state index contributed by atoms with van der Waals surface area (Å²) in [5.41, 5.74) is 0.380. The van der Waals surface area contributed by atoms with Crippen molar-refractivity contribution in [3.63, 3.8) is 0 Å². The lowest BCUT2D eigenvalue weighted by Crippen LogP contribution is -2.41. The second-order valence-electron chi connectivity index (χ2n) is 4.92. The Hall–Kier alpha value is -1.73. The van der Waals surface area contributed by atoms with Crippen LogP contribution in [0, 0.1) is 0 Å². The molecule has 0 unspecified atom stereocenters. The van der Waals surface area contributed by atoms with Gasteiger partial charge in [-0.05, 0) is 14.1 Å². The van der Waals surface area contributed by atoms with Gasteiger partial charge in [0, 0.05) is 26.2 Å². The maximum absolute atomic E-state index is 12.2. The Kier molecular flexibility index (Phi) is 5.25. The first kappa shape index (κ1) is 14.7. The Morgan fingerprint density at radius 1 is 1.35 bits per heavy atom. The minimum Gasteiger partial charge on any atom is -0.378 e. The lowest BCUT2D eigenvalue weighted by Gasteiger charge is -2.26. The highest BCUT2D eigenvalue weighted by molar-refractivity contribution is 5.92. The molecule has 1 N–H and O–H groups in total. The highest BCUT2D eigenvalue weighted by Gasteiger charge is 2.19. The molecule has 0 atom stereocenters. The maximum atomic E-state index is 12.2. The van der Waals surface area contributed by atoms with Gasteiger partial charge in [0.1, 0.15) is 11.5 Å². The molecule has 0 saturated carbocycles. The Morgan fingerprint density at radius 2 is 2.10 bits per heavy atom. The molecule has 2 heterocycles. The van der Waals surface area contributed by atoms with E-state index in [4.69, 9.17) is 4.74 Å². The van der Waals surface area contributed by atoms with Gasteiger partial charge in [-0.15, -0.1) is 0 Å². The van der Waals surface area contributed by atoms with Crippen molar-refractivity contribution < 1.29 is 9.53 Å². The van der Waals surface area contributed by atoms with Gasteiger partial charge in [-0.3, -0.25) is 4.79 Å². The third-order valence-corrected chi connectivity index (χ3v) is 3.03. The Bertz CT molecular complexity index is 429. The van der Waals surface area contributed by atoms with Gasteiger partial charge in [-0.1, -0.05) is 0 Å². The van der Waals surface area contributed by atoms with Gasteiger partial charge in [0.15, 0.2) is 0 Å². The number of carbonyl (C=O) groups excluding carboxylic acids is 1. The predicted molar refractivity (Wildman–Crippen MR) is 75.8 cm³/mol. The van der Waals surface area contributed by atoms with E-state index in [2.05, 4.69) is 20.2 Å². The fourth-order valence-corrected chi connectivity index (χ4v) is 1.87. The summed E-state index contributed by atoms with van der Waals surface area (Å²) >= 11 is 0. The van der Waals surface area contributed by atoms with Crippen LogP contribution in [-0.4, -0.2) is 79.2 Å². The highest BCUT2D eigenvalue weighted by atomic mass is 16.5. The Labute approximate surface area is 118 Å². The number of nitrogens with zero attached hydrogens (tertiary/aromatic N) is 4. The lowest BCUT2D eigenvalue weighted by atomic mass is 10.3. The number of carbonyl (C=O) groups is 1. The first-order chi connectivity index (χ1) is 9.66. The molecule has 7 nitrogen and oxygen atoms in total. The molecule has 7 heteroatoms. The summed E-state index contributed by atoms with van der Waals surface area (Å²) in [6.07, 6.45) is 3.12. The van der Waals surface area contributed by atoms with Crippen molar-refractivity contribution in [2.75, 3.05) is 58.8 Å². The van der Waals surface area contributed by atoms with Crippen LogP contribution >= 0.6 is 0 Å². The lowest BCUT2D eigenvalue weighted by molar-refractivity contribution is 0.0298. The summed E-state index contributed by atoms with van der Waals surface area (Å²) in [6.45, 7) is 4.11. The number of morpholine rings is 1. The van der Waals surface area contributed by atoms with E-state index in [0.29, 0.717) is 37.8 Å². The second kappa shape index (κ2) is 7.16.